The van der Waals surface area contributed by atoms with E-state index in [9.17, 15) is 4.79 Å². The standard InChI is InChI=1S/C22H25N5O3/c1-13-5-4-6-16(11-13)20-24-22(30-27-20)14(2)23-21(28)19-12-18(25-26-19)15-7-9-17(29-3)10-8-15/h4-11,14,18-19,25-26H,12H2,1-3H3,(H,23,28). The zero-order valence-corrected chi connectivity index (χ0v) is 17.2. The predicted octanol–water partition coefficient (Wildman–Crippen LogP) is 2.84. The number of methoxy groups -OCH3 is 1. The van der Waals surface area contributed by atoms with Gasteiger partial charge in [0, 0.05) is 11.6 Å². The highest BCUT2D eigenvalue weighted by atomic mass is 16.5. The molecule has 2 aromatic carbocycles. The maximum atomic E-state index is 12.7. The molecule has 8 nitrogen and oxygen atoms in total. The Morgan fingerprint density at radius 2 is 2.03 bits per heavy atom. The molecule has 1 amide bonds. The third-order valence-electron chi connectivity index (χ3n) is 5.19. The molecule has 0 saturated carbocycles. The molecule has 0 radical (unpaired) electrons. The van der Waals surface area contributed by atoms with Crippen LogP contribution in [0, 0.1) is 6.92 Å². The van der Waals surface area contributed by atoms with Crippen LogP contribution in [0.25, 0.3) is 11.4 Å². The van der Waals surface area contributed by atoms with E-state index in [1.54, 1.807) is 7.11 Å². The van der Waals surface area contributed by atoms with Gasteiger partial charge in [0.05, 0.1) is 7.11 Å². The molecule has 0 bridgehead atoms. The summed E-state index contributed by atoms with van der Waals surface area (Å²) >= 11 is 0. The highest BCUT2D eigenvalue weighted by molar-refractivity contribution is 5.82. The zero-order chi connectivity index (χ0) is 21.1. The van der Waals surface area contributed by atoms with Gasteiger partial charge >= 0.3 is 0 Å². The Balaban J connectivity index is 1.36. The van der Waals surface area contributed by atoms with Crippen LogP contribution in [0.15, 0.2) is 53.1 Å². The zero-order valence-electron chi connectivity index (χ0n) is 17.2. The molecule has 1 fully saturated rings. The monoisotopic (exact) mass is 407 g/mol. The number of hydrazine groups is 1. The van der Waals surface area contributed by atoms with Crippen molar-refractivity contribution >= 4 is 5.91 Å². The molecular formula is C22H25N5O3. The van der Waals surface area contributed by atoms with Crippen molar-refractivity contribution in [1.82, 2.24) is 26.3 Å². The van der Waals surface area contributed by atoms with Gasteiger partial charge in [-0.1, -0.05) is 41.1 Å². The molecule has 4 rings (SSSR count). The summed E-state index contributed by atoms with van der Waals surface area (Å²) in [5.41, 5.74) is 9.34. The number of benzene rings is 2. The number of aryl methyl sites for hydroxylation is 1. The van der Waals surface area contributed by atoms with E-state index in [1.807, 2.05) is 62.4 Å². The van der Waals surface area contributed by atoms with Gasteiger partial charge in [-0.2, -0.15) is 4.98 Å². The first-order chi connectivity index (χ1) is 14.5. The summed E-state index contributed by atoms with van der Waals surface area (Å²) in [5.74, 6) is 1.56. The number of hydrogen-bond donors (Lipinski definition) is 3. The van der Waals surface area contributed by atoms with Crippen molar-refractivity contribution in [3.05, 3.63) is 65.5 Å². The van der Waals surface area contributed by atoms with E-state index in [1.165, 1.54) is 0 Å². The van der Waals surface area contributed by atoms with Crippen molar-refractivity contribution in [2.24, 2.45) is 0 Å². The molecule has 8 heteroatoms. The van der Waals surface area contributed by atoms with E-state index in [-0.39, 0.29) is 18.0 Å². The van der Waals surface area contributed by atoms with Crippen LogP contribution in [-0.4, -0.2) is 29.2 Å². The second kappa shape index (κ2) is 8.64. The minimum Gasteiger partial charge on any atom is -0.497 e. The fourth-order valence-corrected chi connectivity index (χ4v) is 3.47. The number of nitrogens with one attached hydrogen (secondary N) is 3. The van der Waals surface area contributed by atoms with Gasteiger partial charge in [0.2, 0.25) is 17.6 Å². The average molecular weight is 407 g/mol. The third kappa shape index (κ3) is 4.34. The van der Waals surface area contributed by atoms with Crippen LogP contribution in [0.3, 0.4) is 0 Å². The number of carbonyl (C=O) groups excluding carboxylic acids is 1. The van der Waals surface area contributed by atoms with Gasteiger partial charge < -0.3 is 14.6 Å². The maximum absolute atomic E-state index is 12.7. The average Bonchev–Trinajstić information content (AvgIpc) is 3.44. The quantitative estimate of drug-likeness (QED) is 0.578. The van der Waals surface area contributed by atoms with E-state index in [0.717, 1.165) is 22.4 Å². The van der Waals surface area contributed by atoms with E-state index >= 15 is 0 Å². The van der Waals surface area contributed by atoms with Gasteiger partial charge in [-0.25, -0.2) is 10.9 Å². The Hall–Kier alpha value is -3.23. The summed E-state index contributed by atoms with van der Waals surface area (Å²) in [5, 5.41) is 6.99. The van der Waals surface area contributed by atoms with Crippen LogP contribution in [0.2, 0.25) is 0 Å². The Morgan fingerprint density at radius 3 is 2.77 bits per heavy atom. The van der Waals surface area contributed by atoms with Gasteiger partial charge in [-0.3, -0.25) is 4.79 Å². The van der Waals surface area contributed by atoms with Crippen molar-refractivity contribution in [3.8, 4) is 17.1 Å². The summed E-state index contributed by atoms with van der Waals surface area (Å²) in [6.45, 7) is 3.84. The lowest BCUT2D eigenvalue weighted by atomic mass is 10.0. The highest BCUT2D eigenvalue weighted by Crippen LogP contribution is 2.25. The van der Waals surface area contributed by atoms with Gasteiger partial charge in [0.1, 0.15) is 17.8 Å². The number of amides is 1. The third-order valence-corrected chi connectivity index (χ3v) is 5.19. The van der Waals surface area contributed by atoms with Crippen LogP contribution in [0.5, 0.6) is 5.75 Å². The highest BCUT2D eigenvalue weighted by Gasteiger charge is 2.31. The van der Waals surface area contributed by atoms with Crippen molar-refractivity contribution in [2.45, 2.75) is 38.4 Å². The van der Waals surface area contributed by atoms with E-state index in [4.69, 9.17) is 9.26 Å². The minimum absolute atomic E-state index is 0.0401. The van der Waals surface area contributed by atoms with Gasteiger partial charge in [-0.05, 0) is 44.0 Å². The SMILES string of the molecule is COc1ccc(C2CC(C(=O)NC(C)c3nc(-c4cccc(C)c4)no3)NN2)cc1. The number of ether oxygens (including phenoxy) is 1. The van der Waals surface area contributed by atoms with Crippen LogP contribution in [0.1, 0.15) is 42.4 Å². The summed E-state index contributed by atoms with van der Waals surface area (Å²) in [6, 6.07) is 15.0. The maximum Gasteiger partial charge on any atom is 0.249 e. The number of aromatic nitrogens is 2. The molecule has 3 atom stereocenters. The van der Waals surface area contributed by atoms with Crippen LogP contribution < -0.4 is 20.9 Å². The molecule has 30 heavy (non-hydrogen) atoms. The summed E-state index contributed by atoms with van der Waals surface area (Å²) in [7, 11) is 1.64. The Labute approximate surface area is 175 Å². The number of hydrogen-bond acceptors (Lipinski definition) is 7. The fourth-order valence-electron chi connectivity index (χ4n) is 3.47. The lowest BCUT2D eigenvalue weighted by molar-refractivity contribution is -0.123. The molecule has 1 saturated heterocycles. The number of carbonyl (C=O) groups is 1. The molecule has 3 unspecified atom stereocenters. The Kier molecular flexibility index (Phi) is 5.78. The van der Waals surface area contributed by atoms with E-state index in [2.05, 4.69) is 26.3 Å². The predicted molar refractivity (Wildman–Crippen MR) is 111 cm³/mol. The molecule has 3 aromatic rings. The van der Waals surface area contributed by atoms with Crippen molar-refractivity contribution in [1.29, 1.82) is 0 Å². The molecular weight excluding hydrogens is 382 g/mol. The lowest BCUT2D eigenvalue weighted by Crippen LogP contribution is -2.44. The lowest BCUT2D eigenvalue weighted by Gasteiger charge is -2.14. The minimum atomic E-state index is -0.398. The van der Waals surface area contributed by atoms with Crippen molar-refractivity contribution in [3.63, 3.8) is 0 Å². The first kappa shape index (κ1) is 20.1. The van der Waals surface area contributed by atoms with Crippen molar-refractivity contribution < 1.29 is 14.1 Å². The molecule has 2 heterocycles. The Bertz CT molecular complexity index is 1020. The molecule has 0 spiro atoms. The van der Waals surface area contributed by atoms with E-state index < -0.39 is 6.04 Å². The molecule has 156 valence electrons. The first-order valence-corrected chi connectivity index (χ1v) is 9.89. The number of nitrogens with zero attached hydrogens (tertiary/aromatic N) is 2. The van der Waals surface area contributed by atoms with E-state index in [0.29, 0.717) is 18.1 Å². The van der Waals surface area contributed by atoms with Gasteiger partial charge in [-0.15, -0.1) is 0 Å². The smallest absolute Gasteiger partial charge is 0.249 e. The second-order valence-electron chi connectivity index (χ2n) is 7.46. The molecule has 1 aliphatic rings. The van der Waals surface area contributed by atoms with Gasteiger partial charge in [0.25, 0.3) is 0 Å². The Morgan fingerprint density at radius 1 is 1.23 bits per heavy atom. The molecule has 3 N–H and O–H groups in total. The summed E-state index contributed by atoms with van der Waals surface area (Å²) < 4.78 is 10.6. The second-order valence-corrected chi connectivity index (χ2v) is 7.46. The number of rotatable bonds is 6. The first-order valence-electron chi connectivity index (χ1n) is 9.89. The molecule has 1 aliphatic heterocycles. The topological polar surface area (TPSA) is 101 Å². The largest absolute Gasteiger partial charge is 0.497 e. The molecule has 1 aromatic heterocycles. The normalized spacial score (nSPS) is 19.4. The van der Waals surface area contributed by atoms with Crippen LogP contribution in [-0.2, 0) is 4.79 Å². The summed E-state index contributed by atoms with van der Waals surface area (Å²) in [6.07, 6.45) is 0.628. The van der Waals surface area contributed by atoms with Crippen LogP contribution >= 0.6 is 0 Å². The summed E-state index contributed by atoms with van der Waals surface area (Å²) in [4.78, 5) is 17.1. The molecule has 0 aliphatic carbocycles. The van der Waals surface area contributed by atoms with Gasteiger partial charge in [0.15, 0.2) is 0 Å². The van der Waals surface area contributed by atoms with Crippen molar-refractivity contribution in [2.75, 3.05) is 7.11 Å². The van der Waals surface area contributed by atoms with Crippen LogP contribution in [0.4, 0.5) is 0 Å². The fraction of sp³-hybridized carbons (Fsp3) is 0.318.